The van der Waals surface area contributed by atoms with Gasteiger partial charge in [0.05, 0.1) is 11.1 Å². The zero-order valence-electron chi connectivity index (χ0n) is 17.3. The SMILES string of the molecule is C1CC2CNCC2C1.Nc1ncnc2n[nH]c(-c3ccc(Oc4ccccc4)cc3)c12. The molecule has 4 aromatic rings. The molecule has 4 N–H and O–H groups in total. The maximum atomic E-state index is 5.94. The second kappa shape index (κ2) is 8.73. The van der Waals surface area contributed by atoms with Crippen LogP contribution in [0.15, 0.2) is 60.9 Å². The van der Waals surface area contributed by atoms with Crippen molar-refractivity contribution >= 4 is 16.9 Å². The zero-order chi connectivity index (χ0) is 21.0. The molecule has 1 aliphatic carbocycles. The molecular weight excluding hydrogens is 388 g/mol. The van der Waals surface area contributed by atoms with Crippen LogP contribution in [0.2, 0.25) is 0 Å². The van der Waals surface area contributed by atoms with Gasteiger partial charge in [-0.15, -0.1) is 0 Å². The molecule has 2 aromatic carbocycles. The van der Waals surface area contributed by atoms with Gasteiger partial charge in [0.1, 0.15) is 23.6 Å². The van der Waals surface area contributed by atoms with Crippen molar-refractivity contribution in [2.75, 3.05) is 18.8 Å². The highest BCUT2D eigenvalue weighted by Gasteiger charge is 2.30. The Bertz CT molecular complexity index is 1120. The van der Waals surface area contributed by atoms with Crippen molar-refractivity contribution in [3.05, 3.63) is 60.9 Å². The first-order chi connectivity index (χ1) is 15.3. The van der Waals surface area contributed by atoms with E-state index in [1.807, 2.05) is 54.6 Å². The van der Waals surface area contributed by atoms with Gasteiger partial charge in [-0.3, -0.25) is 5.10 Å². The number of aromatic amines is 1. The summed E-state index contributed by atoms with van der Waals surface area (Å²) in [5.74, 6) is 4.09. The van der Waals surface area contributed by atoms with Crippen molar-refractivity contribution in [3.8, 4) is 22.8 Å². The van der Waals surface area contributed by atoms with E-state index >= 15 is 0 Å². The number of nitrogen functional groups attached to an aromatic ring is 1. The number of nitrogens with two attached hydrogens (primary N) is 1. The molecule has 2 fully saturated rings. The fourth-order valence-corrected chi connectivity index (χ4v) is 4.51. The second-order valence-corrected chi connectivity index (χ2v) is 8.10. The van der Waals surface area contributed by atoms with Crippen molar-refractivity contribution in [2.24, 2.45) is 11.8 Å². The molecular formula is C24H26N6O. The van der Waals surface area contributed by atoms with Gasteiger partial charge in [0.15, 0.2) is 5.65 Å². The first-order valence-corrected chi connectivity index (χ1v) is 10.8. The number of benzene rings is 2. The van der Waals surface area contributed by atoms with Gasteiger partial charge in [-0.25, -0.2) is 9.97 Å². The van der Waals surface area contributed by atoms with Crippen molar-refractivity contribution in [1.82, 2.24) is 25.5 Å². The highest BCUT2D eigenvalue weighted by molar-refractivity contribution is 5.97. The normalized spacial score (nSPS) is 19.6. The Labute approximate surface area is 181 Å². The molecule has 2 aliphatic rings. The summed E-state index contributed by atoms with van der Waals surface area (Å²) in [7, 11) is 0. The summed E-state index contributed by atoms with van der Waals surface area (Å²) < 4.78 is 5.79. The largest absolute Gasteiger partial charge is 0.457 e. The van der Waals surface area contributed by atoms with Crippen molar-refractivity contribution in [2.45, 2.75) is 19.3 Å². The van der Waals surface area contributed by atoms with Crippen LogP contribution in [-0.2, 0) is 0 Å². The Balaban J connectivity index is 0.000000212. The van der Waals surface area contributed by atoms with E-state index in [0.717, 1.165) is 40.0 Å². The van der Waals surface area contributed by atoms with Gasteiger partial charge in [-0.1, -0.05) is 24.6 Å². The van der Waals surface area contributed by atoms with Crippen LogP contribution in [0.1, 0.15) is 19.3 Å². The van der Waals surface area contributed by atoms with Crippen LogP contribution in [0.3, 0.4) is 0 Å². The molecule has 2 unspecified atom stereocenters. The monoisotopic (exact) mass is 414 g/mol. The van der Waals surface area contributed by atoms with Crippen LogP contribution in [0.25, 0.3) is 22.3 Å². The van der Waals surface area contributed by atoms with Crippen LogP contribution in [0, 0.1) is 11.8 Å². The van der Waals surface area contributed by atoms with E-state index in [1.54, 1.807) is 0 Å². The number of fused-ring (bicyclic) bond motifs is 2. The standard InChI is InChI=1S/C17H13N5O.C7H13N/c18-16-14-15(21-22-17(14)20-10-19-16)11-6-8-13(9-7-11)23-12-4-2-1-3-5-12;1-2-6-4-8-5-7(6)3-1/h1-10H,(H3,18,19,20,21,22);6-8H,1-5H2. The maximum Gasteiger partial charge on any atom is 0.186 e. The van der Waals surface area contributed by atoms with Gasteiger partial charge >= 0.3 is 0 Å². The number of nitrogens with one attached hydrogen (secondary N) is 2. The lowest BCUT2D eigenvalue weighted by Gasteiger charge is -2.06. The van der Waals surface area contributed by atoms with Gasteiger partial charge in [0.25, 0.3) is 0 Å². The Hall–Kier alpha value is -3.45. The third-order valence-corrected chi connectivity index (χ3v) is 6.13. The molecule has 1 aliphatic heterocycles. The number of hydrogen-bond acceptors (Lipinski definition) is 6. The molecule has 0 radical (unpaired) electrons. The minimum absolute atomic E-state index is 0.406. The van der Waals surface area contributed by atoms with Crippen molar-refractivity contribution in [3.63, 3.8) is 0 Å². The van der Waals surface area contributed by atoms with Gasteiger partial charge in [-0.05, 0) is 74.2 Å². The molecule has 7 nitrogen and oxygen atoms in total. The molecule has 31 heavy (non-hydrogen) atoms. The van der Waals surface area contributed by atoms with Crippen LogP contribution in [0.4, 0.5) is 5.82 Å². The molecule has 0 spiro atoms. The first-order valence-electron chi connectivity index (χ1n) is 10.8. The number of nitrogens with zero attached hydrogens (tertiary/aromatic N) is 3. The number of hydrogen-bond donors (Lipinski definition) is 3. The van der Waals surface area contributed by atoms with E-state index in [0.29, 0.717) is 11.5 Å². The van der Waals surface area contributed by atoms with Crippen LogP contribution in [-0.4, -0.2) is 33.3 Å². The van der Waals surface area contributed by atoms with Crippen LogP contribution >= 0.6 is 0 Å². The molecule has 0 amide bonds. The molecule has 1 saturated heterocycles. The van der Waals surface area contributed by atoms with E-state index in [-0.39, 0.29) is 0 Å². The number of H-pyrrole nitrogens is 1. The van der Waals surface area contributed by atoms with Gasteiger partial charge in [0, 0.05) is 5.56 Å². The number of rotatable bonds is 3. The highest BCUT2D eigenvalue weighted by atomic mass is 16.5. The van der Waals surface area contributed by atoms with Crippen LogP contribution < -0.4 is 15.8 Å². The Morgan fingerprint density at radius 1 is 0.871 bits per heavy atom. The lowest BCUT2D eigenvalue weighted by molar-refractivity contribution is 0.483. The van der Waals surface area contributed by atoms with E-state index in [2.05, 4.69) is 25.5 Å². The molecule has 2 atom stereocenters. The Morgan fingerprint density at radius 2 is 1.58 bits per heavy atom. The van der Waals surface area contributed by atoms with E-state index in [1.165, 1.54) is 38.7 Å². The second-order valence-electron chi connectivity index (χ2n) is 8.10. The van der Waals surface area contributed by atoms with E-state index < -0.39 is 0 Å². The fourth-order valence-electron chi connectivity index (χ4n) is 4.51. The summed E-state index contributed by atoms with van der Waals surface area (Å²) >= 11 is 0. The summed E-state index contributed by atoms with van der Waals surface area (Å²) in [6.45, 7) is 2.62. The topological polar surface area (TPSA) is 102 Å². The van der Waals surface area contributed by atoms with Crippen molar-refractivity contribution in [1.29, 1.82) is 0 Å². The average molecular weight is 415 g/mol. The highest BCUT2D eigenvalue weighted by Crippen LogP contribution is 2.33. The molecule has 7 heteroatoms. The molecule has 1 saturated carbocycles. The van der Waals surface area contributed by atoms with E-state index in [4.69, 9.17) is 10.5 Å². The van der Waals surface area contributed by atoms with Gasteiger partial charge in [-0.2, -0.15) is 5.10 Å². The maximum absolute atomic E-state index is 5.94. The quantitative estimate of drug-likeness (QED) is 0.459. The smallest absolute Gasteiger partial charge is 0.186 e. The predicted molar refractivity (Wildman–Crippen MR) is 122 cm³/mol. The summed E-state index contributed by atoms with van der Waals surface area (Å²) in [5.41, 5.74) is 8.22. The molecule has 0 bridgehead atoms. The first kappa shape index (κ1) is 19.5. The average Bonchev–Trinajstić information content (AvgIpc) is 3.53. The summed E-state index contributed by atoms with van der Waals surface area (Å²) in [5, 5.41) is 11.3. The van der Waals surface area contributed by atoms with Gasteiger partial charge < -0.3 is 15.8 Å². The van der Waals surface area contributed by atoms with Gasteiger partial charge in [0.2, 0.25) is 0 Å². The number of anilines is 1. The third-order valence-electron chi connectivity index (χ3n) is 6.13. The minimum atomic E-state index is 0.406. The molecule has 158 valence electrons. The number of para-hydroxylation sites is 1. The predicted octanol–water partition coefficient (Wildman–Crippen LogP) is 4.40. The summed E-state index contributed by atoms with van der Waals surface area (Å²) in [4.78, 5) is 8.12. The lowest BCUT2D eigenvalue weighted by atomic mass is 10.0. The van der Waals surface area contributed by atoms with Crippen LogP contribution in [0.5, 0.6) is 11.5 Å². The van der Waals surface area contributed by atoms with Crippen molar-refractivity contribution < 1.29 is 4.74 Å². The Morgan fingerprint density at radius 3 is 2.32 bits per heavy atom. The molecule has 3 heterocycles. The number of ether oxygens (including phenoxy) is 1. The third kappa shape index (κ3) is 4.22. The summed E-state index contributed by atoms with van der Waals surface area (Å²) in [6, 6.07) is 17.3. The fraction of sp³-hybridized carbons (Fsp3) is 0.292. The molecule has 2 aromatic heterocycles. The Kier molecular flexibility index (Phi) is 5.50. The minimum Gasteiger partial charge on any atom is -0.457 e. The number of aromatic nitrogens is 4. The summed E-state index contributed by atoms with van der Waals surface area (Å²) in [6.07, 6.45) is 5.89. The zero-order valence-corrected chi connectivity index (χ0v) is 17.3. The molecule has 6 rings (SSSR count). The van der Waals surface area contributed by atoms with E-state index in [9.17, 15) is 0 Å². The lowest BCUT2D eigenvalue weighted by Crippen LogP contribution is -2.08.